The third-order valence-electron chi connectivity index (χ3n) is 3.64. The van der Waals surface area contributed by atoms with Gasteiger partial charge in [-0.15, -0.1) is 0 Å². The minimum absolute atomic E-state index is 0.371. The molecule has 1 amide bonds. The molecule has 4 nitrogen and oxygen atoms in total. The van der Waals surface area contributed by atoms with Gasteiger partial charge in [0.15, 0.2) is 0 Å². The van der Waals surface area contributed by atoms with Crippen LogP contribution < -0.4 is 5.90 Å². The third kappa shape index (κ3) is 1.05. The third-order valence-corrected chi connectivity index (χ3v) is 3.64. The quantitative estimate of drug-likeness (QED) is 0.624. The van der Waals surface area contributed by atoms with E-state index >= 15 is 0 Å². The van der Waals surface area contributed by atoms with Crippen molar-refractivity contribution in [3.63, 3.8) is 0 Å². The molecule has 0 aromatic carbocycles. The summed E-state index contributed by atoms with van der Waals surface area (Å²) in [5, 5.41) is 0. The van der Waals surface area contributed by atoms with E-state index < -0.39 is 0 Å². The van der Waals surface area contributed by atoms with Gasteiger partial charge in [-0.05, 0) is 19.3 Å². The van der Waals surface area contributed by atoms with Gasteiger partial charge in [0.05, 0.1) is 0 Å². The van der Waals surface area contributed by atoms with E-state index in [2.05, 4.69) is 11.8 Å². The topological polar surface area (TPSA) is 55.6 Å². The summed E-state index contributed by atoms with van der Waals surface area (Å²) in [5.41, 5.74) is 0.433. The summed E-state index contributed by atoms with van der Waals surface area (Å²) in [6.07, 6.45) is 4.47. The zero-order chi connectivity index (χ0) is 9.47. The van der Waals surface area contributed by atoms with Crippen molar-refractivity contribution >= 4 is 6.09 Å². The fourth-order valence-electron chi connectivity index (χ4n) is 2.81. The molecule has 2 aliphatic rings. The van der Waals surface area contributed by atoms with Crippen LogP contribution in [0.2, 0.25) is 0 Å². The monoisotopic (exact) mass is 184 g/mol. The minimum Gasteiger partial charge on any atom is -0.357 e. The fraction of sp³-hybridized carbons (Fsp3) is 0.889. The molecule has 1 saturated heterocycles. The Balaban J connectivity index is 2.00. The molecule has 1 aliphatic carbocycles. The maximum Gasteiger partial charge on any atom is 0.428 e. The number of nitrogens with zero attached hydrogens (tertiary/aromatic N) is 1. The van der Waals surface area contributed by atoms with Gasteiger partial charge in [-0.2, -0.15) is 5.90 Å². The van der Waals surface area contributed by atoms with Gasteiger partial charge in [0, 0.05) is 18.0 Å². The van der Waals surface area contributed by atoms with E-state index in [1.54, 1.807) is 4.90 Å². The molecule has 4 heteroatoms. The predicted molar refractivity (Wildman–Crippen MR) is 47.7 cm³/mol. The standard InChI is InChI=1S/C9H16N2O2/c1-2-7-9(4-3-5-9)6-11(7)8(12)13-10/h7H,2-6,10H2,1H3. The molecule has 0 radical (unpaired) electrons. The summed E-state index contributed by atoms with van der Waals surface area (Å²) in [5.74, 6) is 4.86. The second-order valence-corrected chi connectivity index (χ2v) is 4.15. The van der Waals surface area contributed by atoms with Crippen LogP contribution in [0.5, 0.6) is 0 Å². The molecular weight excluding hydrogens is 168 g/mol. The van der Waals surface area contributed by atoms with Crippen molar-refractivity contribution in [3.8, 4) is 0 Å². The van der Waals surface area contributed by atoms with Crippen LogP contribution in [0.4, 0.5) is 4.79 Å². The predicted octanol–water partition coefficient (Wildman–Crippen LogP) is 1.26. The highest BCUT2D eigenvalue weighted by atomic mass is 16.7. The number of likely N-dealkylation sites (tertiary alicyclic amines) is 1. The highest BCUT2D eigenvalue weighted by molar-refractivity contribution is 5.69. The lowest BCUT2D eigenvalue weighted by Crippen LogP contribution is -2.68. The van der Waals surface area contributed by atoms with Crippen LogP contribution in [0.25, 0.3) is 0 Å². The lowest BCUT2D eigenvalue weighted by Gasteiger charge is -2.61. The van der Waals surface area contributed by atoms with E-state index in [-0.39, 0.29) is 6.09 Å². The van der Waals surface area contributed by atoms with Crippen LogP contribution in [-0.4, -0.2) is 23.6 Å². The molecular formula is C9H16N2O2. The molecule has 1 unspecified atom stereocenters. The molecule has 1 atom stereocenters. The number of hydrogen-bond acceptors (Lipinski definition) is 3. The average Bonchev–Trinajstić information content (AvgIpc) is 2.00. The van der Waals surface area contributed by atoms with Crippen LogP contribution >= 0.6 is 0 Å². The maximum absolute atomic E-state index is 11.2. The Morgan fingerprint density at radius 1 is 1.69 bits per heavy atom. The first-order chi connectivity index (χ1) is 6.23. The first kappa shape index (κ1) is 8.81. The highest BCUT2D eigenvalue weighted by Crippen LogP contribution is 2.54. The largest absolute Gasteiger partial charge is 0.428 e. The van der Waals surface area contributed by atoms with E-state index in [1.807, 2.05) is 0 Å². The summed E-state index contributed by atoms with van der Waals surface area (Å²) in [7, 11) is 0. The Hall–Kier alpha value is -0.770. The smallest absolute Gasteiger partial charge is 0.357 e. The normalized spacial score (nSPS) is 29.4. The summed E-state index contributed by atoms with van der Waals surface area (Å²) >= 11 is 0. The average molecular weight is 184 g/mol. The van der Waals surface area contributed by atoms with Crippen molar-refractivity contribution in [1.29, 1.82) is 0 Å². The maximum atomic E-state index is 11.2. The Labute approximate surface area is 78.0 Å². The Bertz CT molecular complexity index is 226. The zero-order valence-electron chi connectivity index (χ0n) is 7.95. The van der Waals surface area contributed by atoms with E-state index in [4.69, 9.17) is 5.90 Å². The molecule has 2 N–H and O–H groups in total. The van der Waals surface area contributed by atoms with Gasteiger partial charge in [-0.25, -0.2) is 4.79 Å². The SMILES string of the molecule is CCC1N(C(=O)ON)CC12CCC2. The summed E-state index contributed by atoms with van der Waals surface area (Å²) < 4.78 is 0. The summed E-state index contributed by atoms with van der Waals surface area (Å²) in [4.78, 5) is 17.2. The molecule has 1 heterocycles. The van der Waals surface area contributed by atoms with E-state index in [0.29, 0.717) is 11.5 Å². The lowest BCUT2D eigenvalue weighted by molar-refractivity contribution is -0.113. The van der Waals surface area contributed by atoms with Crippen molar-refractivity contribution in [3.05, 3.63) is 0 Å². The Morgan fingerprint density at radius 2 is 2.38 bits per heavy atom. The number of amides is 1. The van der Waals surface area contributed by atoms with Gasteiger partial charge in [0.2, 0.25) is 0 Å². The number of carbonyl (C=O) groups excluding carboxylic acids is 1. The number of hydrogen-bond donors (Lipinski definition) is 1. The molecule has 74 valence electrons. The van der Waals surface area contributed by atoms with Crippen LogP contribution in [0, 0.1) is 5.41 Å². The second-order valence-electron chi connectivity index (χ2n) is 4.15. The number of nitrogens with two attached hydrogens (primary N) is 1. The molecule has 1 spiro atoms. The van der Waals surface area contributed by atoms with Crippen molar-refractivity contribution in [2.75, 3.05) is 6.54 Å². The van der Waals surface area contributed by atoms with Gasteiger partial charge in [-0.3, -0.25) is 0 Å². The van der Waals surface area contributed by atoms with E-state index in [0.717, 1.165) is 13.0 Å². The summed E-state index contributed by atoms with van der Waals surface area (Å²) in [6, 6.07) is 0.372. The van der Waals surface area contributed by atoms with Crippen molar-refractivity contribution < 1.29 is 9.63 Å². The summed E-state index contributed by atoms with van der Waals surface area (Å²) in [6.45, 7) is 2.96. The van der Waals surface area contributed by atoms with Crippen LogP contribution in [0.3, 0.4) is 0 Å². The van der Waals surface area contributed by atoms with Gasteiger partial charge < -0.3 is 9.74 Å². The molecule has 0 aromatic heterocycles. The molecule has 0 aromatic rings. The van der Waals surface area contributed by atoms with Gasteiger partial charge >= 0.3 is 6.09 Å². The first-order valence-corrected chi connectivity index (χ1v) is 4.91. The van der Waals surface area contributed by atoms with Gasteiger partial charge in [0.1, 0.15) is 0 Å². The number of carbonyl (C=O) groups is 1. The van der Waals surface area contributed by atoms with Crippen molar-refractivity contribution in [2.45, 2.75) is 38.6 Å². The molecule has 0 bridgehead atoms. The van der Waals surface area contributed by atoms with Gasteiger partial charge in [-0.1, -0.05) is 13.3 Å². The lowest BCUT2D eigenvalue weighted by atomic mass is 9.57. The molecule has 1 aliphatic heterocycles. The molecule has 13 heavy (non-hydrogen) atoms. The molecule has 1 saturated carbocycles. The van der Waals surface area contributed by atoms with Crippen molar-refractivity contribution in [2.24, 2.45) is 11.3 Å². The molecule has 2 fully saturated rings. The van der Waals surface area contributed by atoms with E-state index in [9.17, 15) is 4.79 Å². The minimum atomic E-state index is -0.371. The second kappa shape index (κ2) is 2.87. The highest BCUT2D eigenvalue weighted by Gasteiger charge is 2.56. The van der Waals surface area contributed by atoms with E-state index in [1.165, 1.54) is 19.3 Å². The van der Waals surface area contributed by atoms with Crippen LogP contribution in [0.1, 0.15) is 32.6 Å². The van der Waals surface area contributed by atoms with Gasteiger partial charge in [0.25, 0.3) is 0 Å². The fourth-order valence-corrected chi connectivity index (χ4v) is 2.81. The zero-order valence-corrected chi connectivity index (χ0v) is 7.95. The van der Waals surface area contributed by atoms with Crippen LogP contribution in [0.15, 0.2) is 0 Å². The molecule has 2 rings (SSSR count). The Morgan fingerprint density at radius 3 is 2.77 bits per heavy atom. The Kier molecular flexibility index (Phi) is 1.95. The van der Waals surface area contributed by atoms with Crippen molar-refractivity contribution in [1.82, 2.24) is 4.90 Å². The number of rotatable bonds is 1. The van der Waals surface area contributed by atoms with Crippen LogP contribution in [-0.2, 0) is 4.84 Å². The first-order valence-electron chi connectivity index (χ1n) is 4.91.